The molecule has 0 spiro atoms. The molecule has 72 valence electrons. The normalized spacial score (nSPS) is 43.5. The van der Waals surface area contributed by atoms with Crippen LogP contribution in [0.5, 0.6) is 0 Å². The lowest BCUT2D eigenvalue weighted by Gasteiger charge is -2.38. The van der Waals surface area contributed by atoms with Gasteiger partial charge in [0.05, 0.1) is 6.10 Å². The van der Waals surface area contributed by atoms with Crippen LogP contribution in [0, 0.1) is 17.8 Å². The molecule has 0 amide bonds. The van der Waals surface area contributed by atoms with E-state index in [2.05, 4.69) is 33.4 Å². The molecule has 1 aliphatic carbocycles. The predicted molar refractivity (Wildman–Crippen MR) is 55.5 cm³/mol. The smallest absolute Gasteiger partial charge is 0.0689 e. The van der Waals surface area contributed by atoms with Crippen LogP contribution >= 0.6 is 12.6 Å². The number of hydrogen-bond acceptors (Lipinski definition) is 2. The summed E-state index contributed by atoms with van der Waals surface area (Å²) in [6.07, 6.45) is 2.18. The van der Waals surface area contributed by atoms with Crippen molar-refractivity contribution < 1.29 is 5.11 Å². The van der Waals surface area contributed by atoms with Crippen molar-refractivity contribution in [2.75, 3.05) is 0 Å². The molecule has 0 saturated heterocycles. The molecular formula is C10H20OS. The van der Waals surface area contributed by atoms with E-state index in [1.165, 1.54) is 6.42 Å². The van der Waals surface area contributed by atoms with Crippen molar-refractivity contribution in [2.24, 2.45) is 17.8 Å². The first-order valence-corrected chi connectivity index (χ1v) is 5.41. The van der Waals surface area contributed by atoms with Gasteiger partial charge in [-0.25, -0.2) is 0 Å². The largest absolute Gasteiger partial charge is 0.392 e. The van der Waals surface area contributed by atoms with E-state index >= 15 is 0 Å². The molecule has 12 heavy (non-hydrogen) atoms. The van der Waals surface area contributed by atoms with Crippen molar-refractivity contribution in [1.29, 1.82) is 0 Å². The first kappa shape index (κ1) is 10.4. The summed E-state index contributed by atoms with van der Waals surface area (Å²) in [6.45, 7) is 6.55. The lowest BCUT2D eigenvalue weighted by atomic mass is 9.75. The van der Waals surface area contributed by atoms with Crippen LogP contribution in [0.1, 0.15) is 33.6 Å². The van der Waals surface area contributed by atoms with Crippen molar-refractivity contribution in [3.8, 4) is 0 Å². The third-order valence-corrected chi connectivity index (χ3v) is 4.00. The van der Waals surface area contributed by atoms with Gasteiger partial charge in [0, 0.05) is 5.25 Å². The molecule has 0 aromatic heterocycles. The molecule has 1 N–H and O–H groups in total. The fourth-order valence-corrected chi connectivity index (χ4v) is 2.48. The summed E-state index contributed by atoms with van der Waals surface area (Å²) in [5.74, 6) is 1.61. The van der Waals surface area contributed by atoms with Crippen molar-refractivity contribution in [3.63, 3.8) is 0 Å². The summed E-state index contributed by atoms with van der Waals surface area (Å²) in [5.41, 5.74) is 0. The maximum absolute atomic E-state index is 9.90. The summed E-state index contributed by atoms with van der Waals surface area (Å²) >= 11 is 4.46. The Labute approximate surface area is 81.0 Å². The summed E-state index contributed by atoms with van der Waals surface area (Å²) < 4.78 is 0. The highest BCUT2D eigenvalue weighted by molar-refractivity contribution is 7.81. The van der Waals surface area contributed by atoms with Gasteiger partial charge in [0.15, 0.2) is 0 Å². The van der Waals surface area contributed by atoms with Crippen LogP contribution in [0.25, 0.3) is 0 Å². The van der Waals surface area contributed by atoms with Crippen molar-refractivity contribution >= 4 is 12.6 Å². The van der Waals surface area contributed by atoms with Gasteiger partial charge in [-0.2, -0.15) is 12.6 Å². The summed E-state index contributed by atoms with van der Waals surface area (Å²) in [6, 6.07) is 0. The van der Waals surface area contributed by atoms with Crippen molar-refractivity contribution in [2.45, 2.75) is 45.0 Å². The zero-order chi connectivity index (χ0) is 9.30. The van der Waals surface area contributed by atoms with Crippen molar-refractivity contribution in [3.05, 3.63) is 0 Å². The first-order valence-electron chi connectivity index (χ1n) is 4.90. The summed E-state index contributed by atoms with van der Waals surface area (Å²) in [4.78, 5) is 0. The molecule has 0 aliphatic heterocycles. The number of aliphatic hydroxyl groups is 1. The number of rotatable bonds is 1. The molecule has 2 heteroatoms. The number of aliphatic hydroxyl groups excluding tert-OH is 1. The van der Waals surface area contributed by atoms with Gasteiger partial charge in [-0.15, -0.1) is 0 Å². The highest BCUT2D eigenvalue weighted by Crippen LogP contribution is 2.36. The van der Waals surface area contributed by atoms with Gasteiger partial charge in [0.25, 0.3) is 0 Å². The van der Waals surface area contributed by atoms with Gasteiger partial charge in [0.1, 0.15) is 0 Å². The van der Waals surface area contributed by atoms with Crippen molar-refractivity contribution in [1.82, 2.24) is 0 Å². The molecule has 1 fully saturated rings. The van der Waals surface area contributed by atoms with Crippen LogP contribution in [-0.4, -0.2) is 16.5 Å². The molecule has 0 aromatic carbocycles. The molecule has 1 aliphatic rings. The Balaban J connectivity index is 2.58. The van der Waals surface area contributed by atoms with E-state index < -0.39 is 0 Å². The van der Waals surface area contributed by atoms with Gasteiger partial charge in [-0.05, 0) is 30.6 Å². The van der Waals surface area contributed by atoms with E-state index in [-0.39, 0.29) is 11.4 Å². The topological polar surface area (TPSA) is 20.2 Å². The van der Waals surface area contributed by atoms with Crippen LogP contribution < -0.4 is 0 Å². The third-order valence-electron chi connectivity index (χ3n) is 3.18. The standard InChI is InChI=1S/C10H20OS/c1-6(2)8-5-4-7(3)10(12)9(8)11/h6-12H,4-5H2,1-3H3/t7-,8+,9+,10?/m1/s1. The van der Waals surface area contributed by atoms with Crippen LogP contribution in [0.15, 0.2) is 0 Å². The number of thiol groups is 1. The Kier molecular flexibility index (Phi) is 3.47. The molecule has 4 atom stereocenters. The Morgan fingerprint density at radius 2 is 1.92 bits per heavy atom. The molecule has 0 heterocycles. The summed E-state index contributed by atoms with van der Waals surface area (Å²) in [5, 5.41) is 10.1. The quantitative estimate of drug-likeness (QED) is 0.605. The average Bonchev–Trinajstić information content (AvgIpc) is 2.00. The molecular weight excluding hydrogens is 168 g/mol. The minimum absolute atomic E-state index is 0.186. The van der Waals surface area contributed by atoms with Crippen LogP contribution in [0.2, 0.25) is 0 Å². The van der Waals surface area contributed by atoms with Crippen LogP contribution in [-0.2, 0) is 0 Å². The second-order valence-corrected chi connectivity index (χ2v) is 5.04. The van der Waals surface area contributed by atoms with Crippen LogP contribution in [0.3, 0.4) is 0 Å². The highest BCUT2D eigenvalue weighted by Gasteiger charge is 2.35. The number of hydrogen-bond donors (Lipinski definition) is 2. The van der Waals surface area contributed by atoms with E-state index in [0.29, 0.717) is 17.8 Å². The monoisotopic (exact) mass is 188 g/mol. The van der Waals surface area contributed by atoms with Gasteiger partial charge in [0.2, 0.25) is 0 Å². The van der Waals surface area contributed by atoms with E-state index in [1.54, 1.807) is 0 Å². The first-order chi connectivity index (χ1) is 5.54. The molecule has 0 aromatic rings. The highest BCUT2D eigenvalue weighted by atomic mass is 32.1. The predicted octanol–water partition coefficient (Wildman–Crippen LogP) is 2.35. The SMILES string of the molecule is CC(C)[C@@H]1CC[C@@H](C)C(S)[C@H]1O. The van der Waals surface area contributed by atoms with Gasteiger partial charge in [-0.1, -0.05) is 20.8 Å². The van der Waals surface area contributed by atoms with E-state index in [0.717, 1.165) is 6.42 Å². The second-order valence-electron chi connectivity index (χ2n) is 4.44. The molecule has 1 saturated carbocycles. The Hall–Kier alpha value is 0.310. The molecule has 0 bridgehead atoms. The van der Waals surface area contributed by atoms with E-state index in [9.17, 15) is 5.11 Å². The molecule has 1 nitrogen and oxygen atoms in total. The Bertz CT molecular complexity index is 147. The van der Waals surface area contributed by atoms with Gasteiger partial charge >= 0.3 is 0 Å². The van der Waals surface area contributed by atoms with Gasteiger partial charge in [-0.3, -0.25) is 0 Å². The Morgan fingerprint density at radius 3 is 2.42 bits per heavy atom. The minimum Gasteiger partial charge on any atom is -0.392 e. The molecule has 0 radical (unpaired) electrons. The maximum Gasteiger partial charge on any atom is 0.0689 e. The zero-order valence-corrected chi connectivity index (χ0v) is 9.09. The van der Waals surface area contributed by atoms with E-state index in [4.69, 9.17) is 0 Å². The molecule has 1 rings (SSSR count). The maximum atomic E-state index is 9.90. The minimum atomic E-state index is -0.197. The fourth-order valence-electron chi connectivity index (χ4n) is 2.11. The van der Waals surface area contributed by atoms with Crippen LogP contribution in [0.4, 0.5) is 0 Å². The van der Waals surface area contributed by atoms with E-state index in [1.807, 2.05) is 0 Å². The third kappa shape index (κ3) is 1.97. The lowest BCUT2D eigenvalue weighted by Crippen LogP contribution is -2.41. The average molecular weight is 188 g/mol. The molecule has 1 unspecified atom stereocenters. The Morgan fingerprint density at radius 1 is 1.33 bits per heavy atom. The fraction of sp³-hybridized carbons (Fsp3) is 1.00. The second kappa shape index (κ2) is 4.01. The lowest BCUT2D eigenvalue weighted by molar-refractivity contribution is 0.0337. The summed E-state index contributed by atoms with van der Waals surface area (Å²) in [7, 11) is 0. The zero-order valence-electron chi connectivity index (χ0n) is 8.20. The van der Waals surface area contributed by atoms with Gasteiger partial charge < -0.3 is 5.11 Å².